The van der Waals surface area contributed by atoms with Gasteiger partial charge < -0.3 is 21.3 Å². The second-order valence-electron chi connectivity index (χ2n) is 4.63. The summed E-state index contributed by atoms with van der Waals surface area (Å²) >= 11 is 1.73. The smallest absolute Gasteiger partial charge is 0.320 e. The molecule has 0 heterocycles. The van der Waals surface area contributed by atoms with Gasteiger partial charge in [-0.15, -0.1) is 0 Å². The summed E-state index contributed by atoms with van der Waals surface area (Å²) in [5, 5.41) is 39.0. The molecule has 136 valence electrons. The highest BCUT2D eigenvalue weighted by atomic mass is 127. The number of nitrogens with one attached hydrogen (secondary N) is 1. The van der Waals surface area contributed by atoms with Crippen molar-refractivity contribution in [2.45, 2.75) is 25.8 Å². The summed E-state index contributed by atoms with van der Waals surface area (Å²) in [6.45, 7) is 2.36. The number of nitrogens with zero attached hydrogens (tertiary/aromatic N) is 2. The lowest BCUT2D eigenvalue weighted by atomic mass is 10.1. The number of halogens is 1. The van der Waals surface area contributed by atoms with Gasteiger partial charge in [-0.05, 0) is 42.0 Å². The zero-order chi connectivity index (χ0) is 19.6. The van der Waals surface area contributed by atoms with E-state index in [1.807, 2.05) is 0 Å². The zero-order valence-corrected chi connectivity index (χ0v) is 15.4. The standard InChI is InChI=1S/C7H3IN2O3.C7H14N2O3/c8-5-1-4(3-9)2-6(7(5)11)10(12)13;1-2-9-6(10)4-3-5(8)7(11)12/h1-2,11H;5H,2-4,8H2,1H3,(H,9,10)(H,11,12)/t;5-/m.1/s1. The van der Waals surface area contributed by atoms with Gasteiger partial charge in [0, 0.05) is 19.0 Å². The third-order valence-electron chi connectivity index (χ3n) is 2.74. The van der Waals surface area contributed by atoms with Crippen LogP contribution in [0.15, 0.2) is 12.1 Å². The van der Waals surface area contributed by atoms with Gasteiger partial charge >= 0.3 is 11.7 Å². The van der Waals surface area contributed by atoms with Crippen LogP contribution in [0.1, 0.15) is 25.3 Å². The normalized spacial score (nSPS) is 10.6. The molecule has 0 aliphatic heterocycles. The number of benzene rings is 1. The average Bonchev–Trinajstić information content (AvgIpc) is 2.55. The molecule has 0 aliphatic carbocycles. The van der Waals surface area contributed by atoms with Crippen LogP contribution in [0, 0.1) is 25.0 Å². The number of aromatic hydroxyl groups is 1. The van der Waals surface area contributed by atoms with Gasteiger partial charge in [0.2, 0.25) is 11.7 Å². The predicted octanol–water partition coefficient (Wildman–Crippen LogP) is 1.09. The van der Waals surface area contributed by atoms with Crippen molar-refractivity contribution in [1.29, 1.82) is 5.26 Å². The van der Waals surface area contributed by atoms with Crippen molar-refractivity contribution >= 4 is 40.2 Å². The minimum Gasteiger partial charge on any atom is -0.501 e. The Balaban J connectivity index is 0.000000463. The topological polar surface area (TPSA) is 180 Å². The summed E-state index contributed by atoms with van der Waals surface area (Å²) in [5.41, 5.74) is 4.90. The quantitative estimate of drug-likeness (QED) is 0.274. The van der Waals surface area contributed by atoms with Crippen molar-refractivity contribution in [3.63, 3.8) is 0 Å². The van der Waals surface area contributed by atoms with E-state index in [1.165, 1.54) is 6.07 Å². The Bertz CT molecular complexity index is 689. The number of rotatable bonds is 6. The maximum absolute atomic E-state index is 10.8. The second-order valence-corrected chi connectivity index (χ2v) is 5.79. The number of hydrogen-bond acceptors (Lipinski definition) is 7. The maximum Gasteiger partial charge on any atom is 0.320 e. The Morgan fingerprint density at radius 1 is 1.52 bits per heavy atom. The minimum absolute atomic E-state index is 0.158. The summed E-state index contributed by atoms with van der Waals surface area (Å²) in [6, 6.07) is 3.25. The molecule has 1 amide bonds. The molecule has 1 aromatic carbocycles. The van der Waals surface area contributed by atoms with Crippen molar-refractivity contribution in [2.75, 3.05) is 6.54 Å². The summed E-state index contributed by atoms with van der Waals surface area (Å²) < 4.78 is 0.295. The number of nitrogens with two attached hydrogens (primary N) is 1. The molecule has 1 aromatic rings. The SMILES string of the molecule is CCNC(=O)CC[C@@H](N)C(=O)O.N#Cc1cc(I)c(O)c([N+](=O)[O-])c1. The number of carboxylic acids is 1. The highest BCUT2D eigenvalue weighted by Gasteiger charge is 2.17. The predicted molar refractivity (Wildman–Crippen MR) is 95.7 cm³/mol. The Morgan fingerprint density at radius 3 is 2.56 bits per heavy atom. The first kappa shape index (κ1) is 22.5. The molecule has 0 aliphatic rings. The largest absolute Gasteiger partial charge is 0.501 e. The van der Waals surface area contributed by atoms with Gasteiger partial charge in [-0.1, -0.05) is 0 Å². The van der Waals surface area contributed by atoms with E-state index in [-0.39, 0.29) is 24.3 Å². The number of phenolic OH excluding ortho intramolecular Hbond substituents is 1. The van der Waals surface area contributed by atoms with E-state index in [4.69, 9.17) is 16.1 Å². The molecule has 25 heavy (non-hydrogen) atoms. The number of carboxylic acid groups (broad SMARTS) is 1. The summed E-state index contributed by atoms with van der Waals surface area (Å²) in [5.74, 6) is -1.63. The van der Waals surface area contributed by atoms with Gasteiger partial charge in [-0.3, -0.25) is 19.7 Å². The molecule has 0 saturated carbocycles. The number of nitro benzene ring substituents is 1. The van der Waals surface area contributed by atoms with Gasteiger partial charge in [0.05, 0.1) is 20.1 Å². The van der Waals surface area contributed by atoms with Gasteiger partial charge in [0.1, 0.15) is 6.04 Å². The first-order chi connectivity index (χ1) is 11.6. The molecule has 0 unspecified atom stereocenters. The van der Waals surface area contributed by atoms with Gasteiger partial charge in [-0.25, -0.2) is 0 Å². The first-order valence-corrected chi connectivity index (χ1v) is 8.03. The lowest BCUT2D eigenvalue weighted by Crippen LogP contribution is -2.32. The van der Waals surface area contributed by atoms with E-state index in [9.17, 15) is 24.8 Å². The van der Waals surface area contributed by atoms with Crippen molar-refractivity contribution in [3.05, 3.63) is 31.4 Å². The van der Waals surface area contributed by atoms with Gasteiger partial charge in [-0.2, -0.15) is 5.26 Å². The number of amides is 1. The number of carbonyl (C=O) groups excluding carboxylic acids is 1. The Labute approximate surface area is 156 Å². The van der Waals surface area contributed by atoms with E-state index in [0.717, 1.165) is 6.07 Å². The number of nitro groups is 1. The van der Waals surface area contributed by atoms with Crippen molar-refractivity contribution < 1.29 is 24.7 Å². The van der Waals surface area contributed by atoms with E-state index < -0.39 is 28.4 Å². The lowest BCUT2D eigenvalue weighted by molar-refractivity contribution is -0.386. The molecule has 10 nitrogen and oxygen atoms in total. The Kier molecular flexibility index (Phi) is 10.1. The fraction of sp³-hybridized carbons (Fsp3) is 0.357. The fourth-order valence-corrected chi connectivity index (χ4v) is 2.10. The summed E-state index contributed by atoms with van der Waals surface area (Å²) in [7, 11) is 0. The van der Waals surface area contributed by atoms with Crippen LogP contribution < -0.4 is 11.1 Å². The number of nitriles is 1. The molecule has 0 fully saturated rings. The van der Waals surface area contributed by atoms with Crippen LogP contribution in [-0.2, 0) is 9.59 Å². The molecule has 1 atom stereocenters. The Hall–Kier alpha value is -2.46. The maximum atomic E-state index is 10.8. The van der Waals surface area contributed by atoms with Crippen LogP contribution in [0.2, 0.25) is 0 Å². The molecular formula is C14H17IN4O6. The fourth-order valence-electron chi connectivity index (χ4n) is 1.48. The van der Waals surface area contributed by atoms with E-state index in [2.05, 4.69) is 5.32 Å². The number of phenols is 1. The molecule has 11 heteroatoms. The minimum atomic E-state index is -1.07. The van der Waals surface area contributed by atoms with Crippen LogP contribution in [0.3, 0.4) is 0 Å². The van der Waals surface area contributed by atoms with Gasteiger partial charge in [0.25, 0.3) is 0 Å². The lowest BCUT2D eigenvalue weighted by Gasteiger charge is -2.05. The Morgan fingerprint density at radius 2 is 2.12 bits per heavy atom. The number of carbonyl (C=O) groups is 2. The summed E-state index contributed by atoms with van der Waals surface area (Å²) in [6.07, 6.45) is 0.350. The van der Waals surface area contributed by atoms with Crippen molar-refractivity contribution in [2.24, 2.45) is 5.73 Å². The molecule has 0 saturated heterocycles. The van der Waals surface area contributed by atoms with Crippen LogP contribution in [0.25, 0.3) is 0 Å². The van der Waals surface area contributed by atoms with Crippen molar-refractivity contribution in [3.8, 4) is 11.8 Å². The van der Waals surface area contributed by atoms with E-state index in [1.54, 1.807) is 35.6 Å². The molecule has 1 rings (SSSR count). The highest BCUT2D eigenvalue weighted by molar-refractivity contribution is 14.1. The van der Waals surface area contributed by atoms with Crippen LogP contribution in [0.4, 0.5) is 5.69 Å². The molecule has 5 N–H and O–H groups in total. The van der Waals surface area contributed by atoms with E-state index >= 15 is 0 Å². The molecule has 0 spiro atoms. The monoisotopic (exact) mass is 464 g/mol. The molecular weight excluding hydrogens is 447 g/mol. The zero-order valence-electron chi connectivity index (χ0n) is 13.2. The van der Waals surface area contributed by atoms with E-state index in [0.29, 0.717) is 10.1 Å². The second kappa shape index (κ2) is 11.2. The third-order valence-corrected chi connectivity index (χ3v) is 3.56. The number of hydrogen-bond donors (Lipinski definition) is 4. The molecule has 0 bridgehead atoms. The highest BCUT2D eigenvalue weighted by Crippen LogP contribution is 2.31. The van der Waals surface area contributed by atoms with Crippen LogP contribution >= 0.6 is 22.6 Å². The third kappa shape index (κ3) is 8.27. The summed E-state index contributed by atoms with van der Waals surface area (Å²) in [4.78, 5) is 30.7. The van der Waals surface area contributed by atoms with Crippen LogP contribution in [-0.4, -0.2) is 39.6 Å². The van der Waals surface area contributed by atoms with Crippen molar-refractivity contribution in [1.82, 2.24) is 5.32 Å². The number of aliphatic carboxylic acids is 1. The van der Waals surface area contributed by atoms with Crippen LogP contribution in [0.5, 0.6) is 5.75 Å². The molecule has 0 radical (unpaired) electrons. The molecule has 0 aromatic heterocycles. The van der Waals surface area contributed by atoms with Gasteiger partial charge in [0.15, 0.2) is 0 Å². The first-order valence-electron chi connectivity index (χ1n) is 6.96. The average molecular weight is 464 g/mol.